The van der Waals surface area contributed by atoms with Gasteiger partial charge in [0.05, 0.1) is 27.8 Å². The quantitative estimate of drug-likeness (QED) is 0.171. The van der Waals surface area contributed by atoms with E-state index in [-0.39, 0.29) is 28.1 Å². The summed E-state index contributed by atoms with van der Waals surface area (Å²) in [6, 6.07) is 9.37. The van der Waals surface area contributed by atoms with Crippen LogP contribution in [0.1, 0.15) is 112 Å². The zero-order valence-electron chi connectivity index (χ0n) is 37.7. The number of halogens is 2. The third kappa shape index (κ3) is 13.9. The van der Waals surface area contributed by atoms with Crippen LogP contribution in [0.2, 0.25) is 10.0 Å². The fourth-order valence-electron chi connectivity index (χ4n) is 8.02. The molecule has 0 fully saturated rings. The number of esters is 1. The van der Waals surface area contributed by atoms with Crippen LogP contribution in [-0.2, 0) is 35.1 Å². The molecule has 1 aliphatic heterocycles. The second-order valence-electron chi connectivity index (χ2n) is 18.0. The average molecular weight is 888 g/mol. The van der Waals surface area contributed by atoms with E-state index in [1.54, 1.807) is 7.11 Å². The number of amides is 2. The molecule has 0 saturated heterocycles. The Balaban J connectivity index is 2.29. The summed E-state index contributed by atoms with van der Waals surface area (Å²) in [5, 5.41) is 36.6. The lowest BCUT2D eigenvalue weighted by Gasteiger charge is -2.40. The SMILES string of the molecule is CCC(C)C1C(=O)CC(Cc2cc(Cl)c(O)c(Cl)c2)C(=O)NC(C(C)(C)O)C(=O)OC(c2ccccc2)C(C)/C=C/C=C(\C)C(OC)CC(CCC(C)C)C(C)(O)C(=O)N1C. The Kier molecular flexibility index (Phi) is 19.1. The maximum absolute atomic E-state index is 14.7. The molecule has 2 aromatic rings. The summed E-state index contributed by atoms with van der Waals surface area (Å²) >= 11 is 12.6. The first-order valence-electron chi connectivity index (χ1n) is 21.3. The second-order valence-corrected chi connectivity index (χ2v) is 18.8. The fourth-order valence-corrected chi connectivity index (χ4v) is 8.55. The molecule has 1 aliphatic rings. The van der Waals surface area contributed by atoms with Crippen molar-refractivity contribution < 1.29 is 44.0 Å². The minimum absolute atomic E-state index is 0.0665. The van der Waals surface area contributed by atoms with Crippen LogP contribution in [0.5, 0.6) is 5.75 Å². The van der Waals surface area contributed by atoms with Gasteiger partial charge in [-0.25, -0.2) is 4.79 Å². The molecule has 9 unspecified atom stereocenters. The predicted octanol–water partition coefficient (Wildman–Crippen LogP) is 8.59. The number of Topliss-reactive ketones (excluding diaryl/α,β-unsaturated/α-hetero) is 1. The van der Waals surface area contributed by atoms with Gasteiger partial charge in [-0.1, -0.05) is 119 Å². The molecule has 0 saturated carbocycles. The Bertz CT molecular complexity index is 1850. The van der Waals surface area contributed by atoms with Gasteiger partial charge in [0.15, 0.2) is 17.6 Å². The van der Waals surface area contributed by atoms with Crippen molar-refractivity contribution in [2.24, 2.45) is 29.6 Å². The Morgan fingerprint density at radius 3 is 2.21 bits per heavy atom. The largest absolute Gasteiger partial charge is 0.505 e. The van der Waals surface area contributed by atoms with E-state index < -0.39 is 89.2 Å². The number of phenolic OH excluding ortho intramolecular Hbond substituents is 1. The van der Waals surface area contributed by atoms with Crippen molar-refractivity contribution in [3.63, 3.8) is 0 Å². The number of nitrogens with one attached hydrogen (secondary N) is 1. The van der Waals surface area contributed by atoms with Crippen LogP contribution in [-0.4, -0.2) is 87.3 Å². The summed E-state index contributed by atoms with van der Waals surface area (Å²) in [4.78, 5) is 59.5. The molecule has 2 aromatic carbocycles. The normalized spacial score (nSPS) is 29.0. The van der Waals surface area contributed by atoms with Crippen molar-refractivity contribution in [2.45, 2.75) is 136 Å². The van der Waals surface area contributed by atoms with Gasteiger partial charge in [-0.2, -0.15) is 0 Å². The monoisotopic (exact) mass is 886 g/mol. The highest BCUT2D eigenvalue weighted by Gasteiger charge is 2.46. The number of aromatic hydroxyl groups is 1. The Labute approximate surface area is 372 Å². The smallest absolute Gasteiger partial charge is 0.332 e. The number of allylic oxidation sites excluding steroid dienone is 2. The van der Waals surface area contributed by atoms with Crippen LogP contribution in [0.3, 0.4) is 0 Å². The van der Waals surface area contributed by atoms with Crippen molar-refractivity contribution in [3.05, 3.63) is 87.4 Å². The van der Waals surface area contributed by atoms with Gasteiger partial charge in [0.2, 0.25) is 5.91 Å². The number of hydrogen-bond acceptors (Lipinski definition) is 9. The van der Waals surface area contributed by atoms with Gasteiger partial charge >= 0.3 is 5.97 Å². The van der Waals surface area contributed by atoms with Crippen molar-refractivity contribution >= 4 is 46.8 Å². The molecule has 0 radical (unpaired) electrons. The Morgan fingerprint density at radius 2 is 1.67 bits per heavy atom. The molecule has 11 nitrogen and oxygen atoms in total. The molecular formula is C48H68Cl2N2O9. The van der Waals surface area contributed by atoms with Gasteiger partial charge in [0, 0.05) is 32.4 Å². The number of nitrogens with zero attached hydrogens (tertiary/aromatic N) is 1. The highest BCUT2D eigenvalue weighted by molar-refractivity contribution is 6.37. The van der Waals surface area contributed by atoms with Gasteiger partial charge < -0.3 is 35.0 Å². The zero-order chi connectivity index (χ0) is 46.0. The number of hydrogen-bond donors (Lipinski definition) is 4. The first-order chi connectivity index (χ1) is 28.4. The van der Waals surface area contributed by atoms with Crippen LogP contribution >= 0.6 is 23.2 Å². The lowest BCUT2D eigenvalue weighted by molar-refractivity contribution is -0.163. The highest BCUT2D eigenvalue weighted by atomic mass is 35.5. The number of aliphatic hydroxyl groups is 2. The summed E-state index contributed by atoms with van der Waals surface area (Å²) in [6.07, 6.45) is 5.84. The van der Waals surface area contributed by atoms with Gasteiger partial charge in [0.25, 0.3) is 5.91 Å². The standard InChI is InChI=1S/C48H68Cl2N2O9/c1-12-29(4)40-38(53)26-34(23-32-24-36(49)41(54)37(50)25-32)44(55)51-43(47(7,8)58)45(56)61-42(33-19-14-13-15-20-33)31(6)18-16-17-30(5)39(60-11)27-35(22-21-28(2)3)48(9,59)46(57)52(40)10/h13-20,24-25,28-29,31,34-35,39-40,42-43,54,58-59H,12,21-23,26-27H2,1-11H3,(H,51,55)/b18-16+,30-17+. The van der Waals surface area contributed by atoms with Gasteiger partial charge in [-0.05, 0) is 93.5 Å². The minimum atomic E-state index is -1.91. The van der Waals surface area contributed by atoms with Crippen LogP contribution < -0.4 is 5.32 Å². The lowest BCUT2D eigenvalue weighted by Crippen LogP contribution is -2.58. The van der Waals surface area contributed by atoms with Crippen LogP contribution in [0.25, 0.3) is 0 Å². The first kappa shape index (κ1) is 51.6. The summed E-state index contributed by atoms with van der Waals surface area (Å²) in [6.45, 7) is 15.9. The lowest BCUT2D eigenvalue weighted by atomic mass is 9.77. The van der Waals surface area contributed by atoms with Gasteiger partial charge in [-0.15, -0.1) is 0 Å². The molecule has 0 bridgehead atoms. The number of methoxy groups -OCH3 is 1. The van der Waals surface area contributed by atoms with Crippen LogP contribution in [0.15, 0.2) is 66.3 Å². The van der Waals surface area contributed by atoms with E-state index in [4.69, 9.17) is 32.7 Å². The number of likely N-dealkylation sites (N-methyl/N-ethyl adjacent to an activating group) is 1. The fraction of sp³-hybridized carbons (Fsp3) is 0.583. The van der Waals surface area contributed by atoms with Crippen molar-refractivity contribution in [1.29, 1.82) is 0 Å². The first-order valence-corrected chi connectivity index (χ1v) is 22.0. The third-order valence-electron chi connectivity index (χ3n) is 12.1. The predicted molar refractivity (Wildman–Crippen MR) is 240 cm³/mol. The molecule has 2 amide bonds. The topological polar surface area (TPSA) is 163 Å². The number of phenols is 1. The molecule has 338 valence electrons. The van der Waals surface area contributed by atoms with E-state index in [1.165, 1.54) is 44.9 Å². The van der Waals surface area contributed by atoms with Gasteiger partial charge in [0.1, 0.15) is 11.7 Å². The van der Waals surface area contributed by atoms with E-state index in [0.717, 1.165) is 12.0 Å². The molecule has 0 spiro atoms. The van der Waals surface area contributed by atoms with E-state index >= 15 is 0 Å². The Hall–Kier alpha value is -3.74. The molecule has 0 aromatic heterocycles. The molecule has 9 atom stereocenters. The number of ether oxygens (including phenoxy) is 2. The van der Waals surface area contributed by atoms with Gasteiger partial charge in [-0.3, -0.25) is 14.4 Å². The third-order valence-corrected chi connectivity index (χ3v) is 12.7. The van der Waals surface area contributed by atoms with E-state index in [9.17, 15) is 34.5 Å². The van der Waals surface area contributed by atoms with E-state index in [2.05, 4.69) is 19.2 Å². The molecule has 0 aliphatic carbocycles. The van der Waals surface area contributed by atoms with Crippen molar-refractivity contribution in [2.75, 3.05) is 14.2 Å². The van der Waals surface area contributed by atoms with E-state index in [0.29, 0.717) is 30.4 Å². The Morgan fingerprint density at radius 1 is 1.07 bits per heavy atom. The number of benzene rings is 2. The molecular weight excluding hydrogens is 819 g/mol. The van der Waals surface area contributed by atoms with Crippen molar-refractivity contribution in [1.82, 2.24) is 10.2 Å². The maximum atomic E-state index is 14.7. The summed E-state index contributed by atoms with van der Waals surface area (Å²) in [5.74, 6) is -5.35. The van der Waals surface area contributed by atoms with E-state index in [1.807, 2.05) is 76.3 Å². The summed E-state index contributed by atoms with van der Waals surface area (Å²) in [5.41, 5.74) is -1.80. The maximum Gasteiger partial charge on any atom is 0.332 e. The van der Waals surface area contributed by atoms with Crippen LogP contribution in [0, 0.1) is 29.6 Å². The number of cyclic esters (lactones) is 1. The number of carbonyl (C=O) groups is 4. The average Bonchev–Trinajstić information content (AvgIpc) is 3.19. The van der Waals surface area contributed by atoms with Crippen molar-refractivity contribution in [3.8, 4) is 5.75 Å². The molecule has 4 N–H and O–H groups in total. The summed E-state index contributed by atoms with van der Waals surface area (Å²) in [7, 11) is 3.09. The molecule has 3 rings (SSSR count). The van der Waals surface area contributed by atoms with Crippen LogP contribution in [0.4, 0.5) is 0 Å². The highest BCUT2D eigenvalue weighted by Crippen LogP contribution is 2.36. The summed E-state index contributed by atoms with van der Waals surface area (Å²) < 4.78 is 12.2. The molecule has 13 heteroatoms. The minimum Gasteiger partial charge on any atom is -0.505 e. The molecule has 61 heavy (non-hydrogen) atoms. The second kappa shape index (κ2) is 22.6. The zero-order valence-corrected chi connectivity index (χ0v) is 39.2. The number of rotatable bonds is 10. The number of ketones is 1. The molecule has 1 heterocycles. The number of carbonyl (C=O) groups excluding carboxylic acids is 4.